The summed E-state index contributed by atoms with van der Waals surface area (Å²) in [5.74, 6) is 0.0510. The average Bonchev–Trinajstić information content (AvgIpc) is 3.00. The minimum Gasteiger partial charge on any atom is -0.341 e. The second-order valence-electron chi connectivity index (χ2n) is 4.90. The first-order chi connectivity index (χ1) is 8.18. The first kappa shape index (κ1) is 12.2. The maximum Gasteiger partial charge on any atom is 0.318 e. The van der Waals surface area contributed by atoms with Crippen molar-refractivity contribution >= 4 is 11.9 Å². The van der Waals surface area contributed by atoms with Gasteiger partial charge in [-0.3, -0.25) is 4.79 Å². The van der Waals surface area contributed by atoms with Gasteiger partial charge < -0.3 is 15.1 Å². The highest BCUT2D eigenvalue weighted by Gasteiger charge is 2.26. The molecule has 96 valence electrons. The van der Waals surface area contributed by atoms with Crippen molar-refractivity contribution in [3.05, 3.63) is 0 Å². The van der Waals surface area contributed by atoms with Gasteiger partial charge in [0.1, 0.15) is 6.04 Å². The van der Waals surface area contributed by atoms with Gasteiger partial charge in [0, 0.05) is 26.2 Å². The van der Waals surface area contributed by atoms with Crippen molar-refractivity contribution < 1.29 is 9.59 Å². The van der Waals surface area contributed by atoms with Gasteiger partial charge in [0.15, 0.2) is 0 Å². The van der Waals surface area contributed by atoms with Gasteiger partial charge in [0.2, 0.25) is 5.91 Å². The van der Waals surface area contributed by atoms with Crippen LogP contribution in [0.5, 0.6) is 0 Å². The predicted molar refractivity (Wildman–Crippen MR) is 64.6 cm³/mol. The number of urea groups is 1. The summed E-state index contributed by atoms with van der Waals surface area (Å²) in [6.07, 6.45) is 4.31. The van der Waals surface area contributed by atoms with Crippen LogP contribution in [0.1, 0.15) is 32.6 Å². The molecule has 17 heavy (non-hydrogen) atoms. The normalized spacial score (nSPS) is 21.7. The largest absolute Gasteiger partial charge is 0.341 e. The SMILES string of the molecule is CC(NC(=O)N1CCCC1)C(=O)N1CCCC1. The Labute approximate surface area is 102 Å². The lowest BCUT2D eigenvalue weighted by atomic mass is 10.3. The molecular formula is C12H21N3O2. The van der Waals surface area contributed by atoms with Crippen LogP contribution in [0.4, 0.5) is 4.79 Å². The summed E-state index contributed by atoms with van der Waals surface area (Å²) in [6.45, 7) is 5.08. The molecule has 0 radical (unpaired) electrons. The summed E-state index contributed by atoms with van der Waals surface area (Å²) in [5, 5.41) is 2.79. The summed E-state index contributed by atoms with van der Waals surface area (Å²) in [5.41, 5.74) is 0. The van der Waals surface area contributed by atoms with Crippen molar-refractivity contribution in [3.8, 4) is 0 Å². The van der Waals surface area contributed by atoms with E-state index in [2.05, 4.69) is 5.32 Å². The Hall–Kier alpha value is -1.26. The molecule has 2 fully saturated rings. The van der Waals surface area contributed by atoms with Gasteiger partial charge in [0.05, 0.1) is 0 Å². The van der Waals surface area contributed by atoms with Crippen molar-refractivity contribution in [2.45, 2.75) is 38.6 Å². The lowest BCUT2D eigenvalue weighted by molar-refractivity contribution is -0.131. The maximum absolute atomic E-state index is 12.0. The number of rotatable bonds is 2. The topological polar surface area (TPSA) is 52.7 Å². The molecule has 1 unspecified atom stereocenters. The molecule has 2 aliphatic heterocycles. The van der Waals surface area contributed by atoms with E-state index in [1.54, 1.807) is 11.8 Å². The zero-order chi connectivity index (χ0) is 12.3. The molecule has 5 nitrogen and oxygen atoms in total. The highest BCUT2D eigenvalue weighted by atomic mass is 16.2. The number of hydrogen-bond donors (Lipinski definition) is 1. The number of carbonyl (C=O) groups is 2. The lowest BCUT2D eigenvalue weighted by Gasteiger charge is -2.23. The standard InChI is InChI=1S/C12H21N3O2/c1-10(11(16)14-6-2-3-7-14)13-12(17)15-8-4-5-9-15/h10H,2-9H2,1H3,(H,13,17). The first-order valence-corrected chi connectivity index (χ1v) is 6.53. The molecule has 3 amide bonds. The third-order valence-corrected chi connectivity index (χ3v) is 3.52. The van der Waals surface area contributed by atoms with E-state index in [-0.39, 0.29) is 11.9 Å². The zero-order valence-corrected chi connectivity index (χ0v) is 10.4. The van der Waals surface area contributed by atoms with Gasteiger partial charge in [-0.05, 0) is 32.6 Å². The molecule has 1 N–H and O–H groups in total. The van der Waals surface area contributed by atoms with E-state index in [9.17, 15) is 9.59 Å². The van der Waals surface area contributed by atoms with Crippen molar-refractivity contribution in [3.63, 3.8) is 0 Å². The van der Waals surface area contributed by atoms with Gasteiger partial charge in [-0.1, -0.05) is 0 Å². The Bertz CT molecular complexity index is 294. The number of nitrogens with one attached hydrogen (secondary N) is 1. The highest BCUT2D eigenvalue weighted by Crippen LogP contribution is 2.10. The van der Waals surface area contributed by atoms with Crippen LogP contribution >= 0.6 is 0 Å². The third-order valence-electron chi connectivity index (χ3n) is 3.52. The Morgan fingerprint density at radius 2 is 1.41 bits per heavy atom. The van der Waals surface area contributed by atoms with Crippen LogP contribution in [-0.4, -0.2) is 54.0 Å². The fourth-order valence-electron chi connectivity index (χ4n) is 2.47. The van der Waals surface area contributed by atoms with E-state index in [0.717, 1.165) is 51.9 Å². The number of hydrogen-bond acceptors (Lipinski definition) is 2. The summed E-state index contributed by atoms with van der Waals surface area (Å²) in [7, 11) is 0. The van der Waals surface area contributed by atoms with E-state index in [0.29, 0.717) is 0 Å². The van der Waals surface area contributed by atoms with Gasteiger partial charge in [-0.15, -0.1) is 0 Å². The molecule has 0 spiro atoms. The molecule has 2 aliphatic rings. The molecule has 0 aliphatic carbocycles. The number of nitrogens with zero attached hydrogens (tertiary/aromatic N) is 2. The van der Waals surface area contributed by atoms with E-state index in [4.69, 9.17) is 0 Å². The molecule has 0 aromatic heterocycles. The quantitative estimate of drug-likeness (QED) is 0.775. The molecule has 0 aromatic carbocycles. The molecule has 5 heteroatoms. The van der Waals surface area contributed by atoms with E-state index < -0.39 is 6.04 Å². The Balaban J connectivity index is 1.80. The lowest BCUT2D eigenvalue weighted by Crippen LogP contribution is -2.49. The van der Waals surface area contributed by atoms with Crippen LogP contribution in [0, 0.1) is 0 Å². The molecule has 1 atom stereocenters. The number of likely N-dealkylation sites (tertiary alicyclic amines) is 2. The minimum absolute atomic E-state index is 0.0510. The minimum atomic E-state index is -0.402. The smallest absolute Gasteiger partial charge is 0.318 e. The molecule has 2 heterocycles. The number of carbonyl (C=O) groups excluding carboxylic acids is 2. The van der Waals surface area contributed by atoms with E-state index in [1.807, 2.05) is 4.90 Å². The second-order valence-corrected chi connectivity index (χ2v) is 4.90. The highest BCUT2D eigenvalue weighted by molar-refractivity contribution is 5.86. The zero-order valence-electron chi connectivity index (χ0n) is 10.4. The Morgan fingerprint density at radius 1 is 0.941 bits per heavy atom. The summed E-state index contributed by atoms with van der Waals surface area (Å²) in [6, 6.07) is -0.497. The van der Waals surface area contributed by atoms with E-state index in [1.165, 1.54) is 0 Å². The van der Waals surface area contributed by atoms with Gasteiger partial charge >= 0.3 is 6.03 Å². The van der Waals surface area contributed by atoms with Crippen LogP contribution in [0.25, 0.3) is 0 Å². The van der Waals surface area contributed by atoms with Gasteiger partial charge in [-0.2, -0.15) is 0 Å². The van der Waals surface area contributed by atoms with Crippen molar-refractivity contribution in [2.24, 2.45) is 0 Å². The summed E-state index contributed by atoms with van der Waals surface area (Å²) in [4.78, 5) is 27.4. The third kappa shape index (κ3) is 2.90. The van der Waals surface area contributed by atoms with Crippen LogP contribution < -0.4 is 5.32 Å². The molecule has 2 rings (SSSR count). The van der Waals surface area contributed by atoms with E-state index >= 15 is 0 Å². The molecule has 0 saturated carbocycles. The average molecular weight is 239 g/mol. The molecule has 0 bridgehead atoms. The fourth-order valence-corrected chi connectivity index (χ4v) is 2.47. The van der Waals surface area contributed by atoms with Gasteiger partial charge in [0.25, 0.3) is 0 Å². The monoisotopic (exact) mass is 239 g/mol. The van der Waals surface area contributed by atoms with Crippen LogP contribution in [0.3, 0.4) is 0 Å². The summed E-state index contributed by atoms with van der Waals surface area (Å²) < 4.78 is 0. The predicted octanol–water partition coefficient (Wildman–Crippen LogP) is 0.803. The Kier molecular flexibility index (Phi) is 3.86. The second kappa shape index (κ2) is 5.38. The van der Waals surface area contributed by atoms with Crippen LogP contribution in [-0.2, 0) is 4.79 Å². The van der Waals surface area contributed by atoms with Crippen molar-refractivity contribution in [1.29, 1.82) is 0 Å². The van der Waals surface area contributed by atoms with Crippen molar-refractivity contribution in [2.75, 3.05) is 26.2 Å². The van der Waals surface area contributed by atoms with Crippen LogP contribution in [0.2, 0.25) is 0 Å². The molecule has 2 saturated heterocycles. The van der Waals surface area contributed by atoms with Crippen molar-refractivity contribution in [1.82, 2.24) is 15.1 Å². The summed E-state index contributed by atoms with van der Waals surface area (Å²) >= 11 is 0. The Morgan fingerprint density at radius 3 is 1.94 bits per heavy atom. The molecule has 0 aromatic rings. The van der Waals surface area contributed by atoms with Gasteiger partial charge in [-0.25, -0.2) is 4.79 Å². The maximum atomic E-state index is 12.0. The number of amides is 3. The first-order valence-electron chi connectivity index (χ1n) is 6.53. The molecular weight excluding hydrogens is 218 g/mol. The fraction of sp³-hybridized carbons (Fsp3) is 0.833. The van der Waals surface area contributed by atoms with Crippen LogP contribution in [0.15, 0.2) is 0 Å².